The Balaban J connectivity index is 1.85. The van der Waals surface area contributed by atoms with E-state index in [0.717, 1.165) is 41.3 Å². The first-order chi connectivity index (χ1) is 11.8. The highest BCUT2D eigenvalue weighted by Crippen LogP contribution is 2.35. The molecule has 5 nitrogen and oxygen atoms in total. The number of aromatic nitrogens is 2. The van der Waals surface area contributed by atoms with Gasteiger partial charge in [-0.2, -0.15) is 0 Å². The van der Waals surface area contributed by atoms with Crippen molar-refractivity contribution >= 4 is 11.0 Å². The number of rotatable bonds is 4. The van der Waals surface area contributed by atoms with Crippen molar-refractivity contribution in [3.8, 4) is 11.5 Å². The maximum Gasteiger partial charge on any atom is 0.163 e. The molecule has 3 aromatic rings. The van der Waals surface area contributed by atoms with E-state index in [1.54, 1.807) is 0 Å². The van der Waals surface area contributed by atoms with Crippen LogP contribution in [0.3, 0.4) is 0 Å². The van der Waals surface area contributed by atoms with Crippen molar-refractivity contribution < 1.29 is 9.47 Å². The molecule has 2 heterocycles. The van der Waals surface area contributed by atoms with Gasteiger partial charge in [-0.15, -0.1) is 0 Å². The molecule has 0 saturated carbocycles. The van der Waals surface area contributed by atoms with Crippen LogP contribution in [0.2, 0.25) is 0 Å². The average Bonchev–Trinajstić information content (AvgIpc) is 2.92. The van der Waals surface area contributed by atoms with Gasteiger partial charge in [-0.25, -0.2) is 4.98 Å². The van der Waals surface area contributed by atoms with Gasteiger partial charge >= 0.3 is 0 Å². The zero-order valence-corrected chi connectivity index (χ0v) is 13.8. The first-order valence-corrected chi connectivity index (χ1v) is 8.29. The van der Waals surface area contributed by atoms with Gasteiger partial charge in [0.1, 0.15) is 19.0 Å². The highest BCUT2D eigenvalue weighted by Gasteiger charge is 2.18. The van der Waals surface area contributed by atoms with E-state index >= 15 is 0 Å². The van der Waals surface area contributed by atoms with Crippen molar-refractivity contribution in [2.45, 2.75) is 19.9 Å². The fourth-order valence-corrected chi connectivity index (χ4v) is 3.17. The lowest BCUT2D eigenvalue weighted by molar-refractivity contribution is 0.172. The highest BCUT2D eigenvalue weighted by molar-refractivity contribution is 5.81. The lowest BCUT2D eigenvalue weighted by Gasteiger charge is -2.18. The van der Waals surface area contributed by atoms with Crippen LogP contribution in [0.1, 0.15) is 17.0 Å². The molecule has 5 heteroatoms. The van der Waals surface area contributed by atoms with Gasteiger partial charge in [0.25, 0.3) is 0 Å². The van der Waals surface area contributed by atoms with Crippen molar-refractivity contribution in [3.63, 3.8) is 0 Å². The van der Waals surface area contributed by atoms with Gasteiger partial charge in [-0.3, -0.25) is 0 Å². The highest BCUT2D eigenvalue weighted by atomic mass is 16.6. The van der Waals surface area contributed by atoms with Gasteiger partial charge in [0.2, 0.25) is 0 Å². The fourth-order valence-electron chi connectivity index (χ4n) is 3.17. The molecule has 0 spiro atoms. The van der Waals surface area contributed by atoms with Gasteiger partial charge in [0.15, 0.2) is 11.5 Å². The number of nitrogens with two attached hydrogens (primary N) is 1. The maximum atomic E-state index is 5.79. The Bertz CT molecular complexity index is 886. The Hall–Kier alpha value is -2.53. The van der Waals surface area contributed by atoms with Crippen LogP contribution in [0, 0.1) is 6.92 Å². The summed E-state index contributed by atoms with van der Waals surface area (Å²) in [5.74, 6) is 2.56. The molecule has 4 rings (SSSR count). The molecule has 0 amide bonds. The minimum absolute atomic E-state index is 0.573. The summed E-state index contributed by atoms with van der Waals surface area (Å²) < 4.78 is 13.7. The summed E-state index contributed by atoms with van der Waals surface area (Å²) in [7, 11) is 0. The maximum absolute atomic E-state index is 5.79. The molecule has 1 aromatic heterocycles. The van der Waals surface area contributed by atoms with Gasteiger partial charge < -0.3 is 19.8 Å². The van der Waals surface area contributed by atoms with Crippen LogP contribution in [0.4, 0.5) is 0 Å². The third-order valence-corrected chi connectivity index (χ3v) is 4.45. The van der Waals surface area contributed by atoms with Crippen LogP contribution in [-0.4, -0.2) is 29.3 Å². The first-order valence-electron chi connectivity index (χ1n) is 8.29. The van der Waals surface area contributed by atoms with Gasteiger partial charge in [-0.1, -0.05) is 24.3 Å². The van der Waals surface area contributed by atoms with E-state index in [1.807, 2.05) is 12.1 Å². The van der Waals surface area contributed by atoms with Gasteiger partial charge in [0.05, 0.1) is 11.0 Å². The van der Waals surface area contributed by atoms with E-state index in [0.29, 0.717) is 19.8 Å². The van der Waals surface area contributed by atoms with Gasteiger partial charge in [-0.05, 0) is 24.6 Å². The monoisotopic (exact) mass is 323 g/mol. The van der Waals surface area contributed by atoms with Crippen molar-refractivity contribution in [2.24, 2.45) is 5.73 Å². The molecule has 0 aliphatic carbocycles. The molecular weight excluding hydrogens is 302 g/mol. The van der Waals surface area contributed by atoms with E-state index in [2.05, 4.69) is 35.8 Å². The van der Waals surface area contributed by atoms with Crippen LogP contribution >= 0.6 is 0 Å². The summed E-state index contributed by atoms with van der Waals surface area (Å²) in [6, 6.07) is 12.4. The SMILES string of the molecule is Cc1ccccc1Cn1c(CCN)nc2cc3c(cc21)OCCO3. The van der Waals surface area contributed by atoms with E-state index in [9.17, 15) is 0 Å². The predicted molar refractivity (Wildman–Crippen MR) is 93.8 cm³/mol. The molecule has 0 saturated heterocycles. The van der Waals surface area contributed by atoms with Crippen LogP contribution in [0.5, 0.6) is 11.5 Å². The smallest absolute Gasteiger partial charge is 0.163 e. The lowest BCUT2D eigenvalue weighted by Crippen LogP contribution is -2.15. The zero-order valence-electron chi connectivity index (χ0n) is 13.8. The Morgan fingerprint density at radius 1 is 1.12 bits per heavy atom. The van der Waals surface area contributed by atoms with E-state index < -0.39 is 0 Å². The quantitative estimate of drug-likeness (QED) is 0.802. The third-order valence-electron chi connectivity index (χ3n) is 4.45. The van der Waals surface area contributed by atoms with Gasteiger partial charge in [0, 0.05) is 25.1 Å². The second-order valence-electron chi connectivity index (χ2n) is 6.06. The number of imidazole rings is 1. The number of ether oxygens (including phenoxy) is 2. The third kappa shape index (κ3) is 2.61. The summed E-state index contributed by atoms with van der Waals surface area (Å²) >= 11 is 0. The zero-order chi connectivity index (χ0) is 16.5. The Kier molecular flexibility index (Phi) is 3.86. The number of aryl methyl sites for hydroxylation is 1. The molecule has 0 unspecified atom stereocenters. The van der Waals surface area contributed by atoms with Crippen LogP contribution in [-0.2, 0) is 13.0 Å². The topological polar surface area (TPSA) is 62.3 Å². The molecule has 2 N–H and O–H groups in total. The van der Waals surface area contributed by atoms with Crippen molar-refractivity contribution in [1.29, 1.82) is 0 Å². The van der Waals surface area contributed by atoms with E-state index in [4.69, 9.17) is 20.2 Å². The molecule has 124 valence electrons. The Morgan fingerprint density at radius 3 is 2.62 bits per heavy atom. The second-order valence-corrected chi connectivity index (χ2v) is 6.06. The molecule has 24 heavy (non-hydrogen) atoms. The molecular formula is C19H21N3O2. The number of hydrogen-bond acceptors (Lipinski definition) is 4. The number of benzene rings is 2. The van der Waals surface area contributed by atoms with E-state index in [-0.39, 0.29) is 0 Å². The van der Waals surface area contributed by atoms with E-state index in [1.165, 1.54) is 11.1 Å². The van der Waals surface area contributed by atoms with Crippen molar-refractivity contribution in [2.75, 3.05) is 19.8 Å². The normalized spacial score (nSPS) is 13.4. The van der Waals surface area contributed by atoms with Crippen LogP contribution in [0.15, 0.2) is 36.4 Å². The first kappa shape index (κ1) is 15.0. The fraction of sp³-hybridized carbons (Fsp3) is 0.316. The largest absolute Gasteiger partial charge is 0.486 e. The molecule has 1 aliphatic rings. The van der Waals surface area contributed by atoms with Crippen molar-refractivity contribution in [3.05, 3.63) is 53.3 Å². The average molecular weight is 323 g/mol. The Labute approximate surface area is 141 Å². The summed E-state index contributed by atoms with van der Waals surface area (Å²) in [5, 5.41) is 0. The Morgan fingerprint density at radius 2 is 1.88 bits per heavy atom. The summed E-state index contributed by atoms with van der Waals surface area (Å²) in [5.41, 5.74) is 10.3. The van der Waals surface area contributed by atoms with Crippen LogP contribution < -0.4 is 15.2 Å². The standard InChI is InChI=1S/C19H21N3O2/c1-13-4-2-3-5-14(13)12-22-16-11-18-17(23-8-9-24-18)10-15(16)21-19(22)6-7-20/h2-5,10-11H,6-9,12,20H2,1H3. The van der Waals surface area contributed by atoms with Crippen molar-refractivity contribution in [1.82, 2.24) is 9.55 Å². The molecule has 1 aliphatic heterocycles. The number of fused-ring (bicyclic) bond motifs is 2. The lowest BCUT2D eigenvalue weighted by atomic mass is 10.1. The minimum atomic E-state index is 0.573. The molecule has 0 bridgehead atoms. The predicted octanol–water partition coefficient (Wildman–Crippen LogP) is 2.67. The molecule has 0 fully saturated rings. The van der Waals surface area contributed by atoms with Crippen LogP contribution in [0.25, 0.3) is 11.0 Å². The summed E-state index contributed by atoms with van der Waals surface area (Å²) in [4.78, 5) is 4.78. The molecule has 2 aromatic carbocycles. The minimum Gasteiger partial charge on any atom is -0.486 e. The summed E-state index contributed by atoms with van der Waals surface area (Å²) in [6.07, 6.45) is 0.743. The summed E-state index contributed by atoms with van der Waals surface area (Å²) in [6.45, 7) is 4.65. The molecule has 0 atom stereocenters. The second kappa shape index (κ2) is 6.17. The number of nitrogens with zero attached hydrogens (tertiary/aromatic N) is 2. The molecule has 0 radical (unpaired) electrons. The number of hydrogen-bond donors (Lipinski definition) is 1.